The predicted octanol–water partition coefficient (Wildman–Crippen LogP) is 4.20. The Morgan fingerprint density at radius 3 is 2.78 bits per heavy atom. The molecule has 5 heteroatoms. The Bertz CT molecular complexity index is 603. The van der Waals surface area contributed by atoms with Crippen molar-refractivity contribution in [2.24, 2.45) is 5.92 Å². The third-order valence-electron chi connectivity index (χ3n) is 3.12. The van der Waals surface area contributed by atoms with Crippen LogP contribution in [0.25, 0.3) is 11.0 Å². The van der Waals surface area contributed by atoms with Gasteiger partial charge in [-0.2, -0.15) is 0 Å². The fraction of sp³-hybridized carbons (Fsp3) is 0.462. The number of aromatic nitrogens is 2. The maximum Gasteiger partial charge on any atom is 0.178 e. The van der Waals surface area contributed by atoms with E-state index in [2.05, 4.69) is 23.4 Å². The average molecular weight is 285 g/mol. The van der Waals surface area contributed by atoms with Crippen molar-refractivity contribution in [1.29, 1.82) is 0 Å². The summed E-state index contributed by atoms with van der Waals surface area (Å²) in [4.78, 5) is 3.20. The molecule has 0 spiro atoms. The van der Waals surface area contributed by atoms with Crippen molar-refractivity contribution in [3.8, 4) is 0 Å². The molecule has 0 radical (unpaired) electrons. The first-order valence-corrected chi connectivity index (χ1v) is 6.72. The standard InChI is InChI=1S/C13H17ClN2OS/c1-8(2)12(7-17-3)16-11-5-4-9(14)6-10(11)15-13(16)18/h4-6,8,12H,7H2,1-3H3,(H,15,18). The summed E-state index contributed by atoms with van der Waals surface area (Å²) in [6.45, 7) is 4.97. The van der Waals surface area contributed by atoms with Crippen LogP contribution in [0.5, 0.6) is 0 Å². The third-order valence-corrected chi connectivity index (χ3v) is 3.65. The highest BCUT2D eigenvalue weighted by molar-refractivity contribution is 7.71. The number of hydrogen-bond donors (Lipinski definition) is 1. The highest BCUT2D eigenvalue weighted by Gasteiger charge is 2.19. The van der Waals surface area contributed by atoms with E-state index in [0.29, 0.717) is 22.3 Å². The van der Waals surface area contributed by atoms with Gasteiger partial charge in [0.2, 0.25) is 0 Å². The van der Waals surface area contributed by atoms with Crippen LogP contribution in [-0.4, -0.2) is 23.3 Å². The molecule has 98 valence electrons. The van der Waals surface area contributed by atoms with Gasteiger partial charge in [0.25, 0.3) is 0 Å². The molecule has 2 aromatic rings. The van der Waals surface area contributed by atoms with E-state index in [1.165, 1.54) is 0 Å². The largest absolute Gasteiger partial charge is 0.383 e. The zero-order chi connectivity index (χ0) is 13.3. The number of rotatable bonds is 4. The van der Waals surface area contributed by atoms with Gasteiger partial charge in [0.05, 0.1) is 23.7 Å². The van der Waals surface area contributed by atoms with Gasteiger partial charge in [0.15, 0.2) is 4.77 Å². The first-order valence-electron chi connectivity index (χ1n) is 5.93. The van der Waals surface area contributed by atoms with E-state index in [0.717, 1.165) is 11.0 Å². The lowest BCUT2D eigenvalue weighted by Crippen LogP contribution is -2.20. The number of methoxy groups -OCH3 is 1. The number of imidazole rings is 1. The summed E-state index contributed by atoms with van der Waals surface area (Å²) in [6.07, 6.45) is 0. The van der Waals surface area contributed by atoms with Crippen LogP contribution in [0.1, 0.15) is 19.9 Å². The highest BCUT2D eigenvalue weighted by atomic mass is 35.5. The van der Waals surface area contributed by atoms with E-state index in [9.17, 15) is 0 Å². The Labute approximate surface area is 117 Å². The lowest BCUT2D eigenvalue weighted by atomic mass is 10.1. The van der Waals surface area contributed by atoms with Crippen LogP contribution < -0.4 is 0 Å². The molecule has 1 aromatic heterocycles. The molecule has 1 N–H and O–H groups in total. The quantitative estimate of drug-likeness (QED) is 0.853. The van der Waals surface area contributed by atoms with Crippen LogP contribution in [0.2, 0.25) is 5.02 Å². The fourth-order valence-electron chi connectivity index (χ4n) is 2.17. The minimum absolute atomic E-state index is 0.220. The maximum absolute atomic E-state index is 6.00. The number of nitrogens with one attached hydrogen (secondary N) is 1. The van der Waals surface area contributed by atoms with Crippen LogP contribution in [0.15, 0.2) is 18.2 Å². The number of hydrogen-bond acceptors (Lipinski definition) is 2. The second-order valence-electron chi connectivity index (χ2n) is 4.73. The van der Waals surface area contributed by atoms with Crippen LogP contribution in [-0.2, 0) is 4.74 Å². The number of aromatic amines is 1. The number of fused-ring (bicyclic) bond motifs is 1. The first-order chi connectivity index (χ1) is 8.54. The molecule has 1 unspecified atom stereocenters. The van der Waals surface area contributed by atoms with Gasteiger partial charge < -0.3 is 14.3 Å². The minimum atomic E-state index is 0.220. The molecule has 0 aliphatic carbocycles. The first kappa shape index (κ1) is 13.6. The number of H-pyrrole nitrogens is 1. The Morgan fingerprint density at radius 1 is 1.44 bits per heavy atom. The van der Waals surface area contributed by atoms with Crippen LogP contribution >= 0.6 is 23.8 Å². The van der Waals surface area contributed by atoms with Gasteiger partial charge in [-0.25, -0.2) is 0 Å². The molecule has 0 saturated heterocycles. The van der Waals surface area contributed by atoms with Gasteiger partial charge in [0, 0.05) is 12.1 Å². The Hall–Kier alpha value is -0.840. The monoisotopic (exact) mass is 284 g/mol. The summed E-state index contributed by atoms with van der Waals surface area (Å²) in [6, 6.07) is 5.99. The molecule has 0 fully saturated rings. The van der Waals surface area contributed by atoms with Crippen molar-refractivity contribution in [3.05, 3.63) is 28.0 Å². The zero-order valence-corrected chi connectivity index (χ0v) is 12.3. The number of halogens is 1. The van der Waals surface area contributed by atoms with Crippen molar-refractivity contribution >= 4 is 34.9 Å². The van der Waals surface area contributed by atoms with Crippen molar-refractivity contribution in [1.82, 2.24) is 9.55 Å². The lowest BCUT2D eigenvalue weighted by Gasteiger charge is -2.22. The molecule has 0 saturated carbocycles. The van der Waals surface area contributed by atoms with Crippen molar-refractivity contribution in [2.45, 2.75) is 19.9 Å². The van der Waals surface area contributed by atoms with Crippen molar-refractivity contribution in [3.63, 3.8) is 0 Å². The lowest BCUT2D eigenvalue weighted by molar-refractivity contribution is 0.134. The van der Waals surface area contributed by atoms with Gasteiger partial charge >= 0.3 is 0 Å². The van der Waals surface area contributed by atoms with E-state index in [1.54, 1.807) is 7.11 Å². The molecular weight excluding hydrogens is 268 g/mol. The van der Waals surface area contributed by atoms with E-state index in [1.807, 2.05) is 18.2 Å². The summed E-state index contributed by atoms with van der Waals surface area (Å²) in [5, 5.41) is 0.707. The van der Waals surface area contributed by atoms with Gasteiger partial charge in [-0.1, -0.05) is 25.4 Å². The smallest absolute Gasteiger partial charge is 0.178 e. The number of ether oxygens (including phenoxy) is 1. The van der Waals surface area contributed by atoms with E-state index < -0.39 is 0 Å². The normalized spacial score (nSPS) is 13.4. The van der Waals surface area contributed by atoms with E-state index in [4.69, 9.17) is 28.6 Å². The molecule has 0 bridgehead atoms. The number of benzene rings is 1. The van der Waals surface area contributed by atoms with Gasteiger partial charge in [0.1, 0.15) is 0 Å². The Morgan fingerprint density at radius 2 is 2.17 bits per heavy atom. The second-order valence-corrected chi connectivity index (χ2v) is 5.55. The molecule has 0 aliphatic heterocycles. The van der Waals surface area contributed by atoms with Crippen LogP contribution in [0, 0.1) is 10.7 Å². The summed E-state index contributed by atoms with van der Waals surface area (Å²) < 4.78 is 8.14. The molecule has 0 amide bonds. The Kier molecular flexibility index (Phi) is 4.10. The molecule has 1 aromatic carbocycles. The summed E-state index contributed by atoms with van der Waals surface area (Å²) in [7, 11) is 1.71. The molecule has 1 atom stereocenters. The van der Waals surface area contributed by atoms with Crippen LogP contribution in [0.3, 0.4) is 0 Å². The molecule has 2 rings (SSSR count). The molecular formula is C13H17ClN2OS. The van der Waals surface area contributed by atoms with Crippen molar-refractivity contribution in [2.75, 3.05) is 13.7 Å². The SMILES string of the molecule is COCC(C(C)C)n1c(=S)[nH]c2cc(Cl)ccc21. The van der Waals surface area contributed by atoms with Crippen LogP contribution in [0.4, 0.5) is 0 Å². The Balaban J connectivity index is 2.61. The molecule has 3 nitrogen and oxygen atoms in total. The molecule has 18 heavy (non-hydrogen) atoms. The fourth-order valence-corrected chi connectivity index (χ4v) is 2.68. The van der Waals surface area contributed by atoms with E-state index >= 15 is 0 Å². The maximum atomic E-state index is 6.00. The summed E-state index contributed by atoms with van der Waals surface area (Å²) in [5.41, 5.74) is 2.04. The zero-order valence-electron chi connectivity index (χ0n) is 10.7. The van der Waals surface area contributed by atoms with Gasteiger partial charge in [-0.05, 0) is 36.3 Å². The second kappa shape index (κ2) is 5.43. The van der Waals surface area contributed by atoms with Crippen molar-refractivity contribution < 1.29 is 4.74 Å². The number of nitrogens with zero attached hydrogens (tertiary/aromatic N) is 1. The predicted molar refractivity (Wildman–Crippen MR) is 77.9 cm³/mol. The van der Waals surface area contributed by atoms with Gasteiger partial charge in [-0.15, -0.1) is 0 Å². The highest BCUT2D eigenvalue weighted by Crippen LogP contribution is 2.26. The summed E-state index contributed by atoms with van der Waals surface area (Å²) >= 11 is 11.4. The molecule has 0 aliphatic rings. The molecule has 1 heterocycles. The minimum Gasteiger partial charge on any atom is -0.383 e. The third kappa shape index (κ3) is 2.46. The topological polar surface area (TPSA) is 29.9 Å². The van der Waals surface area contributed by atoms with E-state index in [-0.39, 0.29) is 6.04 Å². The average Bonchev–Trinajstić information content (AvgIpc) is 2.61. The summed E-state index contributed by atoms with van der Waals surface area (Å²) in [5.74, 6) is 0.436. The van der Waals surface area contributed by atoms with Gasteiger partial charge in [-0.3, -0.25) is 0 Å².